The molecule has 0 saturated carbocycles. The number of hydrogen-bond donors (Lipinski definition) is 10. The lowest BCUT2D eigenvalue weighted by Crippen LogP contribution is -2.28. The molecule has 0 radical (unpaired) electrons. The number of rotatable bonds is 32. The number of carbonyl (C=O) groups excluding carboxylic acids is 1. The summed E-state index contributed by atoms with van der Waals surface area (Å²) >= 11 is 5.74. The molecule has 0 unspecified atom stereocenters. The molecule has 41 heteroatoms. The minimum absolute atomic E-state index is 0.0572. The van der Waals surface area contributed by atoms with Crippen molar-refractivity contribution in [3.63, 3.8) is 0 Å². The molecule has 16 aromatic rings. The SMILES string of the molecule is Cc1ccc(S(=O)(=O)NCCOc2ccc(C(=O)c3ccccc3)c(O)c2)cc1.Cc1ccc(S(=O)(=O)Nc2ccc(C#N)cc2)cc1.Cc1ccc(S(=O)(=O)Nc2ccc(Cl)cc2)cc1.O=S(=O)(Nc1ccc(NS(=O)(=O)c2ccccc2)cc1)c1ccccc1.O=S(=O)(Nc1cccc(NS(=O)(=O)c2ccccc2)c1)c1ccccc1.O=S(=O)(Nc1ccccc1NS(=O)(=O)c1ccccc1)c1ccccc1. The van der Waals surface area contributed by atoms with Crippen molar-refractivity contribution in [2.45, 2.75) is 64.8 Å². The molecule has 16 rings (SSSR count). The van der Waals surface area contributed by atoms with E-state index < -0.39 is 90.2 Å². The largest absolute Gasteiger partial charge is 0.507 e. The number of ketones is 1. The maximum absolute atomic E-state index is 12.5. The molecular formula is C103H93ClN10O21S9. The zero-order valence-electron chi connectivity index (χ0n) is 76.4. The molecule has 0 amide bonds. The second-order valence-corrected chi connectivity index (χ2v) is 46.3. The number of nitrogens with one attached hydrogen (secondary N) is 9. The van der Waals surface area contributed by atoms with Crippen LogP contribution in [-0.2, 0) is 90.2 Å². The van der Waals surface area contributed by atoms with Gasteiger partial charge in [-0.05, 0) is 245 Å². The third kappa shape index (κ3) is 32.8. The van der Waals surface area contributed by atoms with Gasteiger partial charge in [0.15, 0.2) is 5.78 Å². The van der Waals surface area contributed by atoms with Crippen LogP contribution < -0.4 is 47.2 Å². The van der Waals surface area contributed by atoms with E-state index in [-0.39, 0.29) is 97.1 Å². The number of carbonyl (C=O) groups is 1. The lowest BCUT2D eigenvalue weighted by atomic mass is 10.0. The van der Waals surface area contributed by atoms with Crippen molar-refractivity contribution in [3.05, 3.63) is 463 Å². The Morgan fingerprint density at radius 1 is 0.278 bits per heavy atom. The average Bonchev–Trinajstić information content (AvgIpc) is 0.790. The highest BCUT2D eigenvalue weighted by atomic mass is 35.5. The van der Waals surface area contributed by atoms with E-state index in [4.69, 9.17) is 21.6 Å². The van der Waals surface area contributed by atoms with E-state index in [1.807, 2.05) is 26.8 Å². The Kier molecular flexibility index (Phi) is 37.6. The van der Waals surface area contributed by atoms with E-state index in [0.29, 0.717) is 44.6 Å². The smallest absolute Gasteiger partial charge is 0.261 e. The van der Waals surface area contributed by atoms with Crippen molar-refractivity contribution in [1.29, 1.82) is 5.26 Å². The molecule has 144 heavy (non-hydrogen) atoms. The van der Waals surface area contributed by atoms with Gasteiger partial charge in [-0.25, -0.2) is 80.5 Å². The van der Waals surface area contributed by atoms with E-state index in [9.17, 15) is 85.7 Å². The van der Waals surface area contributed by atoms with E-state index in [0.717, 1.165) is 16.7 Å². The van der Waals surface area contributed by atoms with Crippen LogP contribution in [0.1, 0.15) is 38.2 Å². The second kappa shape index (κ2) is 49.7. The molecule has 0 aliphatic heterocycles. The van der Waals surface area contributed by atoms with Gasteiger partial charge in [-0.1, -0.05) is 222 Å². The number of phenols is 1. The van der Waals surface area contributed by atoms with E-state index in [2.05, 4.69) is 42.5 Å². The number of aryl methyl sites for hydroxylation is 3. The Labute approximate surface area is 842 Å². The molecule has 0 spiro atoms. The first-order valence-corrected chi connectivity index (χ1v) is 56.5. The van der Waals surface area contributed by atoms with Gasteiger partial charge in [0.2, 0.25) is 10.0 Å². The molecule has 742 valence electrons. The summed E-state index contributed by atoms with van der Waals surface area (Å²) in [5.41, 5.74) is 6.46. The molecule has 0 bridgehead atoms. The lowest BCUT2D eigenvalue weighted by molar-refractivity contribution is 0.103. The number of benzene rings is 16. The van der Waals surface area contributed by atoms with Crippen molar-refractivity contribution < 1.29 is 90.4 Å². The van der Waals surface area contributed by atoms with Crippen LogP contribution >= 0.6 is 11.6 Å². The maximum atomic E-state index is 12.5. The molecule has 0 aromatic heterocycles. The average molecular weight is 2130 g/mol. The highest BCUT2D eigenvalue weighted by molar-refractivity contribution is 7.95. The number of nitriles is 1. The number of sulfonamides is 9. The van der Waals surface area contributed by atoms with Crippen LogP contribution in [0.15, 0.2) is 469 Å². The minimum Gasteiger partial charge on any atom is -0.507 e. The number of hydrogen-bond acceptors (Lipinski definition) is 22. The fraction of sp³-hybridized carbons (Fsp3) is 0.0485. The first-order valence-electron chi connectivity index (χ1n) is 42.8. The molecule has 0 heterocycles. The van der Waals surface area contributed by atoms with Gasteiger partial charge in [0.25, 0.3) is 80.2 Å². The topological polar surface area (TPSA) is 486 Å². The van der Waals surface area contributed by atoms with Crippen molar-refractivity contribution in [3.8, 4) is 17.6 Å². The number of para-hydroxylation sites is 2. The summed E-state index contributed by atoms with van der Waals surface area (Å²) in [5, 5.41) is 19.4. The first-order chi connectivity index (χ1) is 68.5. The highest BCUT2D eigenvalue weighted by Crippen LogP contribution is 2.32. The van der Waals surface area contributed by atoms with Crippen LogP contribution in [0.2, 0.25) is 5.02 Å². The Balaban J connectivity index is 0.000000166. The number of ether oxygens (including phenoxy) is 1. The Morgan fingerprint density at radius 3 is 0.833 bits per heavy atom. The van der Waals surface area contributed by atoms with Gasteiger partial charge in [-0.3, -0.25) is 42.6 Å². The summed E-state index contributed by atoms with van der Waals surface area (Å²) < 4.78 is 249. The molecule has 0 atom stereocenters. The Hall–Kier alpha value is -15.5. The normalized spacial score (nSPS) is 11.4. The summed E-state index contributed by atoms with van der Waals surface area (Å²) in [6.07, 6.45) is 0. The van der Waals surface area contributed by atoms with Crippen LogP contribution in [0.25, 0.3) is 0 Å². The maximum Gasteiger partial charge on any atom is 0.261 e. The highest BCUT2D eigenvalue weighted by Gasteiger charge is 2.25. The van der Waals surface area contributed by atoms with E-state index >= 15 is 0 Å². The number of aromatic hydroxyl groups is 1. The first kappa shape index (κ1) is 109. The summed E-state index contributed by atoms with van der Waals surface area (Å²) in [6.45, 7) is 5.80. The standard InChI is InChI=1S/C22H21NO5S.3C18H16N2O4S2.C14H12N2O2S.C13H12ClNO2S/c1-16-7-10-19(11-8-16)29(26,27)23-13-14-28-18-9-12-20(21(24)15-18)22(25)17-5-3-2-4-6-17;21-25(22,17-10-3-1-4-11-17)19-15-8-7-9-16(14-15)20-26(23,24)18-12-5-2-6-13-18;21-25(22,15-9-3-1-4-10-15)19-17-13-7-8-14-18(17)20-26(23,24)16-11-5-2-6-12-16;21-25(22,17-7-3-1-4-8-17)19-15-11-13-16(14-12-15)20-26(23,24)18-9-5-2-6-10-18;1-11-2-8-14(9-3-11)19(17,18)16-13-6-4-12(10-15)5-7-13;1-10-2-8-13(9-3-10)18(16,17)15-12-6-4-11(14)5-7-12/h2-12,15,23-24H,13-14H2,1H3;3*1-14,19-20H;2-9,16H,1H3;2-9,15H,1H3. The summed E-state index contributed by atoms with van der Waals surface area (Å²) in [5.74, 6) is -0.154. The van der Waals surface area contributed by atoms with Crippen molar-refractivity contribution in [2.75, 3.05) is 50.9 Å². The van der Waals surface area contributed by atoms with E-state index in [1.54, 1.807) is 297 Å². The van der Waals surface area contributed by atoms with Gasteiger partial charge in [0.05, 0.1) is 84.0 Å². The van der Waals surface area contributed by atoms with Crippen molar-refractivity contribution >= 4 is 153 Å². The Bertz CT molecular complexity index is 7960. The van der Waals surface area contributed by atoms with Crippen molar-refractivity contribution in [2.24, 2.45) is 0 Å². The summed E-state index contributed by atoms with van der Waals surface area (Å²) in [6, 6.07) is 113. The minimum atomic E-state index is -3.84. The van der Waals surface area contributed by atoms with Crippen LogP contribution in [0.4, 0.5) is 45.5 Å². The summed E-state index contributed by atoms with van der Waals surface area (Å²) in [7, 11) is -33.3. The van der Waals surface area contributed by atoms with Gasteiger partial charge in [-0.15, -0.1) is 0 Å². The fourth-order valence-electron chi connectivity index (χ4n) is 12.5. The quantitative estimate of drug-likeness (QED) is 0.0138. The fourth-order valence-corrected chi connectivity index (χ4v) is 22.2. The predicted molar refractivity (Wildman–Crippen MR) is 559 cm³/mol. The third-order valence-corrected chi connectivity index (χ3v) is 32.6. The summed E-state index contributed by atoms with van der Waals surface area (Å²) in [4.78, 5) is 13.8. The molecule has 31 nitrogen and oxygen atoms in total. The molecule has 16 aromatic carbocycles. The van der Waals surface area contributed by atoms with Crippen molar-refractivity contribution in [1.82, 2.24) is 4.72 Å². The number of halogens is 1. The van der Waals surface area contributed by atoms with Crippen LogP contribution in [0.3, 0.4) is 0 Å². The van der Waals surface area contributed by atoms with E-state index in [1.165, 1.54) is 127 Å². The van der Waals surface area contributed by atoms with Gasteiger partial charge in [-0.2, -0.15) is 5.26 Å². The molecule has 0 saturated heterocycles. The van der Waals surface area contributed by atoms with Gasteiger partial charge in [0, 0.05) is 45.9 Å². The molecule has 0 aliphatic rings. The lowest BCUT2D eigenvalue weighted by Gasteiger charge is -2.14. The number of nitrogens with zero attached hydrogens (tertiary/aromatic N) is 1. The molecular weight excluding hydrogens is 2040 g/mol. The monoisotopic (exact) mass is 2130 g/mol. The zero-order valence-corrected chi connectivity index (χ0v) is 84.5. The second-order valence-electron chi connectivity index (χ2n) is 30.7. The van der Waals surface area contributed by atoms with Gasteiger partial charge >= 0.3 is 0 Å². The Morgan fingerprint density at radius 2 is 0.535 bits per heavy atom. The van der Waals surface area contributed by atoms with Crippen LogP contribution in [-0.4, -0.2) is 99.8 Å². The third-order valence-electron chi connectivity index (χ3n) is 19.8. The molecule has 0 fully saturated rings. The van der Waals surface area contributed by atoms with Gasteiger partial charge in [0.1, 0.15) is 18.1 Å². The molecule has 10 N–H and O–H groups in total. The zero-order chi connectivity index (χ0) is 104. The number of phenolic OH excluding ortho intramolecular Hbond substituents is 1. The molecule has 0 aliphatic carbocycles. The number of anilines is 8. The van der Waals surface area contributed by atoms with Gasteiger partial charge < -0.3 is 9.84 Å². The predicted octanol–water partition coefficient (Wildman–Crippen LogP) is 19.3. The van der Waals surface area contributed by atoms with Crippen LogP contribution in [0, 0.1) is 32.1 Å². The van der Waals surface area contributed by atoms with Crippen LogP contribution in [0.5, 0.6) is 11.5 Å².